The van der Waals surface area contributed by atoms with E-state index in [1.54, 1.807) is 6.07 Å². The molecule has 1 N–H and O–H groups in total. The molecule has 0 aromatic heterocycles. The van der Waals surface area contributed by atoms with Crippen LogP contribution in [0.15, 0.2) is 66.2 Å². The summed E-state index contributed by atoms with van der Waals surface area (Å²) < 4.78 is 25.0. The van der Waals surface area contributed by atoms with Crippen LogP contribution in [0.5, 0.6) is 0 Å². The number of allylic oxidation sites excluding steroid dienone is 1. The van der Waals surface area contributed by atoms with Crippen molar-refractivity contribution in [1.82, 2.24) is 4.90 Å². The SMILES string of the molecule is O=C(O)c1ccc2c(c1)CCCC(c1cccc3c1CCC3)=C2c1ccc(C=C2CN(CCC(F)F)C2)cc1. The van der Waals surface area contributed by atoms with Crippen molar-refractivity contribution in [3.05, 3.63) is 111 Å². The number of halogens is 2. The van der Waals surface area contributed by atoms with Crippen LogP contribution in [0.2, 0.25) is 0 Å². The largest absolute Gasteiger partial charge is 0.478 e. The fourth-order valence-corrected chi connectivity index (χ4v) is 6.46. The maximum Gasteiger partial charge on any atom is 0.335 e. The number of rotatable bonds is 7. The number of hydrogen-bond acceptors (Lipinski definition) is 2. The number of alkyl halides is 2. The molecule has 6 rings (SSSR count). The van der Waals surface area contributed by atoms with E-state index in [0.29, 0.717) is 12.1 Å². The van der Waals surface area contributed by atoms with E-state index in [2.05, 4.69) is 53.4 Å². The van der Waals surface area contributed by atoms with Crippen LogP contribution >= 0.6 is 0 Å². The first-order valence-corrected chi connectivity index (χ1v) is 14.0. The van der Waals surface area contributed by atoms with Crippen molar-refractivity contribution >= 4 is 23.2 Å². The van der Waals surface area contributed by atoms with Crippen LogP contribution in [0.1, 0.15) is 75.0 Å². The van der Waals surface area contributed by atoms with Gasteiger partial charge in [-0.25, -0.2) is 13.6 Å². The molecule has 0 atom stereocenters. The van der Waals surface area contributed by atoms with Gasteiger partial charge in [-0.15, -0.1) is 0 Å². The molecule has 0 amide bonds. The van der Waals surface area contributed by atoms with Crippen LogP contribution in [-0.4, -0.2) is 42.0 Å². The smallest absolute Gasteiger partial charge is 0.335 e. The van der Waals surface area contributed by atoms with Crippen LogP contribution in [0.4, 0.5) is 8.78 Å². The third-order valence-electron chi connectivity index (χ3n) is 8.35. The Morgan fingerprint density at radius 2 is 1.67 bits per heavy atom. The molecule has 3 aliphatic rings. The first kappa shape index (κ1) is 25.7. The molecule has 3 nitrogen and oxygen atoms in total. The molecule has 0 radical (unpaired) electrons. The normalized spacial score (nSPS) is 17.1. The number of likely N-dealkylation sites (tertiary alicyclic amines) is 1. The van der Waals surface area contributed by atoms with Crippen molar-refractivity contribution < 1.29 is 18.7 Å². The van der Waals surface area contributed by atoms with Crippen molar-refractivity contribution in [2.24, 2.45) is 0 Å². The minimum atomic E-state index is -2.24. The van der Waals surface area contributed by atoms with Gasteiger partial charge in [-0.2, -0.15) is 0 Å². The van der Waals surface area contributed by atoms with Gasteiger partial charge in [-0.3, -0.25) is 4.90 Å². The number of aromatic carboxylic acids is 1. The topological polar surface area (TPSA) is 40.5 Å². The van der Waals surface area contributed by atoms with Gasteiger partial charge in [0.15, 0.2) is 0 Å². The fourth-order valence-electron chi connectivity index (χ4n) is 6.46. The lowest BCUT2D eigenvalue weighted by Gasteiger charge is -2.34. The van der Waals surface area contributed by atoms with Crippen LogP contribution < -0.4 is 0 Å². The Bertz CT molecular complexity index is 1460. The molecule has 3 aromatic carbocycles. The van der Waals surface area contributed by atoms with Gasteiger partial charge in [0, 0.05) is 26.1 Å². The molecule has 1 fully saturated rings. The lowest BCUT2D eigenvalue weighted by Crippen LogP contribution is -2.40. The molecule has 0 spiro atoms. The van der Waals surface area contributed by atoms with Crippen molar-refractivity contribution in [2.45, 2.75) is 51.4 Å². The highest BCUT2D eigenvalue weighted by Gasteiger charge is 2.25. The number of hydrogen-bond donors (Lipinski definition) is 1. The minimum absolute atomic E-state index is 0.0700. The monoisotopic (exact) mass is 525 g/mol. The first-order valence-electron chi connectivity index (χ1n) is 14.0. The molecule has 0 bridgehead atoms. The van der Waals surface area contributed by atoms with Gasteiger partial charge in [0.25, 0.3) is 0 Å². The van der Waals surface area contributed by atoms with Crippen molar-refractivity contribution in [3.63, 3.8) is 0 Å². The van der Waals surface area contributed by atoms with Gasteiger partial charge in [-0.05, 0) is 106 Å². The summed E-state index contributed by atoms with van der Waals surface area (Å²) in [5.74, 6) is -0.894. The fraction of sp³-hybridized carbons (Fsp3) is 0.324. The number of carboxylic acids is 1. The third kappa shape index (κ3) is 5.33. The number of carboxylic acid groups (broad SMARTS) is 1. The maximum absolute atomic E-state index is 12.5. The van der Waals surface area contributed by atoms with Crippen LogP contribution in [0.3, 0.4) is 0 Å². The number of aryl methyl sites for hydroxylation is 2. The molecule has 39 heavy (non-hydrogen) atoms. The molecule has 1 aliphatic heterocycles. The number of nitrogens with zero attached hydrogens (tertiary/aromatic N) is 1. The van der Waals surface area contributed by atoms with E-state index < -0.39 is 12.4 Å². The molecule has 200 valence electrons. The number of benzene rings is 3. The van der Waals surface area contributed by atoms with Gasteiger partial charge in [0.1, 0.15) is 0 Å². The predicted molar refractivity (Wildman–Crippen MR) is 152 cm³/mol. The van der Waals surface area contributed by atoms with Gasteiger partial charge < -0.3 is 5.11 Å². The summed E-state index contributed by atoms with van der Waals surface area (Å²) >= 11 is 0. The molecule has 1 heterocycles. The van der Waals surface area contributed by atoms with Crippen LogP contribution in [-0.2, 0) is 19.3 Å². The zero-order valence-corrected chi connectivity index (χ0v) is 22.1. The maximum atomic E-state index is 12.5. The van der Waals surface area contributed by atoms with E-state index in [9.17, 15) is 18.7 Å². The lowest BCUT2D eigenvalue weighted by atomic mass is 9.85. The Balaban J connectivity index is 1.38. The summed E-state index contributed by atoms with van der Waals surface area (Å²) in [5, 5.41) is 9.62. The second-order valence-corrected chi connectivity index (χ2v) is 11.0. The van der Waals surface area contributed by atoms with Gasteiger partial charge in [-0.1, -0.05) is 54.6 Å². The van der Waals surface area contributed by atoms with Gasteiger partial charge in [0.2, 0.25) is 6.43 Å². The summed E-state index contributed by atoms with van der Waals surface area (Å²) in [6.07, 6.45) is 6.06. The highest BCUT2D eigenvalue weighted by Crippen LogP contribution is 2.42. The van der Waals surface area contributed by atoms with Crippen molar-refractivity contribution in [1.29, 1.82) is 0 Å². The highest BCUT2D eigenvalue weighted by molar-refractivity contribution is 6.01. The van der Waals surface area contributed by atoms with Crippen molar-refractivity contribution in [3.8, 4) is 0 Å². The van der Waals surface area contributed by atoms with E-state index in [1.807, 2.05) is 12.1 Å². The molecule has 2 aliphatic carbocycles. The Hall–Kier alpha value is -3.57. The molecule has 0 unspecified atom stereocenters. The standard InChI is InChI=1S/C34H33F2NO2/c35-32(36)16-17-37-20-23(21-37)18-22-10-12-25(13-11-22)33-29-15-14-27(34(38)39)19-26(29)6-3-9-31(33)30-8-2-5-24-4-1-7-28(24)30/h2,5,8,10-15,18-19,32H,1,3-4,6-7,9,16-17,20-21H2,(H,38,39). The van der Waals surface area contributed by atoms with E-state index in [4.69, 9.17) is 0 Å². The predicted octanol–water partition coefficient (Wildman–Crippen LogP) is 7.52. The van der Waals surface area contributed by atoms with Gasteiger partial charge in [0.05, 0.1) is 5.56 Å². The van der Waals surface area contributed by atoms with E-state index >= 15 is 0 Å². The molecule has 5 heteroatoms. The van der Waals surface area contributed by atoms with E-state index in [-0.39, 0.29) is 6.42 Å². The zero-order valence-electron chi connectivity index (χ0n) is 22.1. The Morgan fingerprint density at radius 3 is 2.44 bits per heavy atom. The summed E-state index contributed by atoms with van der Waals surface area (Å²) in [4.78, 5) is 13.8. The van der Waals surface area contributed by atoms with Crippen LogP contribution in [0, 0.1) is 0 Å². The summed E-state index contributed by atoms with van der Waals surface area (Å²) in [7, 11) is 0. The molecule has 1 saturated heterocycles. The highest BCUT2D eigenvalue weighted by atomic mass is 19.3. The second kappa shape index (κ2) is 10.9. The Morgan fingerprint density at radius 1 is 0.897 bits per heavy atom. The molecular weight excluding hydrogens is 492 g/mol. The average molecular weight is 526 g/mol. The van der Waals surface area contributed by atoms with Gasteiger partial charge >= 0.3 is 5.97 Å². The second-order valence-electron chi connectivity index (χ2n) is 11.0. The molecular formula is C34H33F2NO2. The summed E-state index contributed by atoms with van der Waals surface area (Å²) in [6, 6.07) is 20.9. The average Bonchev–Trinajstić information content (AvgIpc) is 3.31. The lowest BCUT2D eigenvalue weighted by molar-refractivity contribution is 0.0696. The number of carbonyl (C=O) groups is 1. The van der Waals surface area contributed by atoms with E-state index in [0.717, 1.165) is 67.4 Å². The van der Waals surface area contributed by atoms with Crippen LogP contribution in [0.25, 0.3) is 17.2 Å². The molecule has 3 aromatic rings. The van der Waals surface area contributed by atoms with E-state index in [1.165, 1.54) is 39.8 Å². The first-order chi connectivity index (χ1) is 19.0. The quantitative estimate of drug-likeness (QED) is 0.347. The van der Waals surface area contributed by atoms with Crippen molar-refractivity contribution in [2.75, 3.05) is 19.6 Å². The minimum Gasteiger partial charge on any atom is -0.478 e. The molecule has 0 saturated carbocycles. The summed E-state index contributed by atoms with van der Waals surface area (Å²) in [6.45, 7) is 1.95. The Kier molecular flexibility index (Phi) is 7.18. The number of fused-ring (bicyclic) bond motifs is 2. The zero-order chi connectivity index (χ0) is 26.9. The third-order valence-corrected chi connectivity index (χ3v) is 8.35. The summed E-state index contributed by atoms with van der Waals surface area (Å²) in [5.41, 5.74) is 12.9. The Labute approximate surface area is 228 Å².